The van der Waals surface area contributed by atoms with Crippen molar-refractivity contribution < 1.29 is 27.4 Å². The number of fused-ring (bicyclic) bond motifs is 5. The van der Waals surface area contributed by atoms with Gasteiger partial charge in [-0.15, -0.1) is 0 Å². The summed E-state index contributed by atoms with van der Waals surface area (Å²) in [6, 6.07) is 11.9. The van der Waals surface area contributed by atoms with Crippen LogP contribution in [-0.2, 0) is 18.1 Å². The third-order valence-electron chi connectivity index (χ3n) is 8.10. The van der Waals surface area contributed by atoms with Crippen LogP contribution in [0.3, 0.4) is 0 Å². The van der Waals surface area contributed by atoms with Crippen LogP contribution in [0.25, 0.3) is 5.69 Å². The van der Waals surface area contributed by atoms with Gasteiger partial charge in [-0.05, 0) is 48.6 Å². The summed E-state index contributed by atoms with van der Waals surface area (Å²) in [5.41, 5.74) is 0.00876. The molecular formula is C28H29F3N4O3. The Labute approximate surface area is 218 Å². The molecular weight excluding hydrogens is 497 g/mol. The van der Waals surface area contributed by atoms with Gasteiger partial charge in [0.2, 0.25) is 6.79 Å². The van der Waals surface area contributed by atoms with Gasteiger partial charge in [0.15, 0.2) is 17.2 Å². The molecule has 7 nitrogen and oxygen atoms in total. The van der Waals surface area contributed by atoms with E-state index in [9.17, 15) is 18.0 Å². The van der Waals surface area contributed by atoms with E-state index in [-0.39, 0.29) is 24.3 Å². The van der Waals surface area contributed by atoms with Crippen molar-refractivity contribution in [3.05, 3.63) is 65.0 Å². The van der Waals surface area contributed by atoms with E-state index in [1.54, 1.807) is 49.5 Å². The minimum Gasteiger partial charge on any atom is -0.454 e. The highest BCUT2D eigenvalue weighted by Crippen LogP contribution is 2.54. The number of hydrogen-bond acceptors (Lipinski definition) is 5. The van der Waals surface area contributed by atoms with Crippen molar-refractivity contribution in [2.45, 2.75) is 57.8 Å². The van der Waals surface area contributed by atoms with Gasteiger partial charge in [-0.25, -0.2) is 4.68 Å². The first-order valence-corrected chi connectivity index (χ1v) is 12.6. The number of ether oxygens (including phenoxy) is 2. The highest BCUT2D eigenvalue weighted by molar-refractivity contribution is 6.06. The molecule has 2 bridgehead atoms. The molecule has 2 atom stereocenters. The number of anilines is 1. The normalized spacial score (nSPS) is 21.9. The first kappa shape index (κ1) is 24.8. The van der Waals surface area contributed by atoms with Gasteiger partial charge < -0.3 is 19.7 Å². The maximum absolute atomic E-state index is 14.4. The Morgan fingerprint density at radius 1 is 1.13 bits per heavy atom. The second-order valence-corrected chi connectivity index (χ2v) is 11.3. The Morgan fingerprint density at radius 3 is 2.63 bits per heavy atom. The van der Waals surface area contributed by atoms with Crippen LogP contribution in [0.4, 0.5) is 18.9 Å². The summed E-state index contributed by atoms with van der Waals surface area (Å²) in [5.74, 6) is 0.849. The molecule has 6 rings (SSSR count). The molecule has 0 radical (unpaired) electrons. The molecule has 1 fully saturated rings. The van der Waals surface area contributed by atoms with Crippen LogP contribution in [0.15, 0.2) is 42.5 Å². The fourth-order valence-corrected chi connectivity index (χ4v) is 6.11. The summed E-state index contributed by atoms with van der Waals surface area (Å²) < 4.78 is 55.4. The second kappa shape index (κ2) is 8.23. The summed E-state index contributed by atoms with van der Waals surface area (Å²) in [6.45, 7) is 6.04. The monoisotopic (exact) mass is 526 g/mol. The summed E-state index contributed by atoms with van der Waals surface area (Å²) in [7, 11) is 1.64. The van der Waals surface area contributed by atoms with Gasteiger partial charge in [0.1, 0.15) is 0 Å². The molecule has 2 aromatic carbocycles. The topological polar surface area (TPSA) is 68.6 Å². The van der Waals surface area contributed by atoms with Crippen molar-refractivity contribution in [1.82, 2.24) is 15.1 Å². The zero-order valence-corrected chi connectivity index (χ0v) is 21.6. The molecule has 0 spiro atoms. The van der Waals surface area contributed by atoms with Gasteiger partial charge >= 0.3 is 6.18 Å². The molecule has 3 aromatic rings. The van der Waals surface area contributed by atoms with Crippen molar-refractivity contribution in [3.63, 3.8) is 0 Å². The van der Waals surface area contributed by atoms with Crippen molar-refractivity contribution in [2.75, 3.05) is 18.7 Å². The molecule has 10 heteroatoms. The fourth-order valence-electron chi connectivity index (χ4n) is 6.11. The summed E-state index contributed by atoms with van der Waals surface area (Å²) in [6.07, 6.45) is -2.77. The van der Waals surface area contributed by atoms with E-state index in [1.807, 2.05) is 20.8 Å². The molecule has 0 unspecified atom stereocenters. The SMILES string of the molecule is CN(C(=O)c1cccc(-n2nc(C(F)(F)F)c3c2C[C@H]2CC[C@@]3(C(C)(C)C)N2)c1)c1ccc2c(c1)OCO2. The van der Waals surface area contributed by atoms with E-state index in [2.05, 4.69) is 10.4 Å². The number of carbonyl (C=O) groups excluding carboxylic acids is 1. The van der Waals surface area contributed by atoms with Crippen LogP contribution in [0.1, 0.15) is 60.9 Å². The molecule has 0 saturated carbocycles. The molecule has 200 valence electrons. The van der Waals surface area contributed by atoms with Gasteiger partial charge in [-0.1, -0.05) is 26.8 Å². The zero-order valence-electron chi connectivity index (χ0n) is 21.6. The average Bonchev–Trinajstić information content (AvgIpc) is 3.58. The Morgan fingerprint density at radius 2 is 1.89 bits per heavy atom. The third kappa shape index (κ3) is 3.68. The second-order valence-electron chi connectivity index (χ2n) is 11.3. The first-order chi connectivity index (χ1) is 17.9. The van der Waals surface area contributed by atoms with Gasteiger partial charge in [0, 0.05) is 42.4 Å². The number of nitrogens with one attached hydrogen (secondary N) is 1. The molecule has 0 aliphatic carbocycles. The standard InChI is InChI=1S/C28H29F3N4O3/c1-26(2,3)27-11-10-17(32-27)13-20-23(27)24(28(29,30)31)33-35(20)19-7-5-6-16(12-19)25(36)34(4)18-8-9-21-22(14-18)38-15-37-21/h5-9,12,14,17,32H,10-11,13,15H2,1-4H3/t17-,27-/m1/s1. The number of carbonyl (C=O) groups is 1. The lowest BCUT2D eigenvalue weighted by atomic mass is 9.67. The smallest absolute Gasteiger partial charge is 0.435 e. The lowest BCUT2D eigenvalue weighted by molar-refractivity contribution is -0.143. The fraction of sp³-hybridized carbons (Fsp3) is 0.429. The number of aromatic nitrogens is 2. The van der Waals surface area contributed by atoms with E-state index < -0.39 is 22.8 Å². The van der Waals surface area contributed by atoms with Gasteiger partial charge in [0.25, 0.3) is 5.91 Å². The Bertz CT molecular complexity index is 1440. The van der Waals surface area contributed by atoms with Crippen molar-refractivity contribution in [1.29, 1.82) is 0 Å². The number of amides is 1. The average molecular weight is 527 g/mol. The predicted octanol–water partition coefficient (Wildman–Crippen LogP) is 5.45. The summed E-state index contributed by atoms with van der Waals surface area (Å²) in [5, 5.41) is 7.67. The number of nitrogens with zero attached hydrogens (tertiary/aromatic N) is 3. The molecule has 1 amide bonds. The third-order valence-corrected chi connectivity index (χ3v) is 8.10. The predicted molar refractivity (Wildman–Crippen MR) is 135 cm³/mol. The Balaban J connectivity index is 1.42. The van der Waals surface area contributed by atoms with Crippen LogP contribution in [0.5, 0.6) is 11.5 Å². The van der Waals surface area contributed by atoms with E-state index in [1.165, 1.54) is 9.58 Å². The molecule has 38 heavy (non-hydrogen) atoms. The van der Waals surface area contributed by atoms with Crippen LogP contribution in [-0.4, -0.2) is 35.6 Å². The Hall–Kier alpha value is -3.53. The van der Waals surface area contributed by atoms with E-state index in [0.717, 1.165) is 6.42 Å². The van der Waals surface area contributed by atoms with Crippen molar-refractivity contribution in [2.24, 2.45) is 5.41 Å². The summed E-state index contributed by atoms with van der Waals surface area (Å²) >= 11 is 0. The number of halogens is 3. The molecule has 1 aromatic heterocycles. The largest absolute Gasteiger partial charge is 0.454 e. The zero-order chi connectivity index (χ0) is 27.0. The Kier molecular flexibility index (Phi) is 5.37. The first-order valence-electron chi connectivity index (χ1n) is 12.6. The van der Waals surface area contributed by atoms with Crippen LogP contribution < -0.4 is 19.7 Å². The summed E-state index contributed by atoms with van der Waals surface area (Å²) in [4.78, 5) is 14.9. The quantitative estimate of drug-likeness (QED) is 0.492. The van der Waals surface area contributed by atoms with Gasteiger partial charge in [0.05, 0.1) is 16.9 Å². The molecule has 1 saturated heterocycles. The van der Waals surface area contributed by atoms with Gasteiger partial charge in [-0.2, -0.15) is 18.3 Å². The number of rotatable bonds is 3. The molecule has 3 aliphatic heterocycles. The molecule has 1 N–H and O–H groups in total. The van der Waals surface area contributed by atoms with E-state index in [0.29, 0.717) is 47.0 Å². The van der Waals surface area contributed by atoms with Crippen molar-refractivity contribution >= 4 is 11.6 Å². The van der Waals surface area contributed by atoms with Crippen LogP contribution in [0, 0.1) is 5.41 Å². The van der Waals surface area contributed by atoms with E-state index >= 15 is 0 Å². The maximum Gasteiger partial charge on any atom is 0.435 e. The lowest BCUT2D eigenvalue weighted by Crippen LogP contribution is -2.54. The number of alkyl halides is 3. The minimum atomic E-state index is -4.61. The highest BCUT2D eigenvalue weighted by Gasteiger charge is 2.57. The molecule has 3 aliphatic rings. The minimum absolute atomic E-state index is 0.0696. The molecule has 4 heterocycles. The lowest BCUT2D eigenvalue weighted by Gasteiger charge is -2.46. The number of hydrogen-bond donors (Lipinski definition) is 1. The van der Waals surface area contributed by atoms with Crippen molar-refractivity contribution in [3.8, 4) is 17.2 Å². The van der Waals surface area contributed by atoms with Crippen LogP contribution >= 0.6 is 0 Å². The van der Waals surface area contributed by atoms with Crippen LogP contribution in [0.2, 0.25) is 0 Å². The van der Waals surface area contributed by atoms with Gasteiger partial charge in [-0.3, -0.25) is 4.79 Å². The van der Waals surface area contributed by atoms with E-state index in [4.69, 9.17) is 9.47 Å². The highest BCUT2D eigenvalue weighted by atomic mass is 19.4. The number of benzene rings is 2. The maximum atomic E-state index is 14.4.